The van der Waals surface area contributed by atoms with Crippen molar-refractivity contribution in [1.82, 2.24) is 4.90 Å². The highest BCUT2D eigenvalue weighted by Crippen LogP contribution is 2.39. The van der Waals surface area contributed by atoms with Crippen molar-refractivity contribution in [3.8, 4) is 0 Å². The van der Waals surface area contributed by atoms with E-state index in [4.69, 9.17) is 0 Å². The highest BCUT2D eigenvalue weighted by Gasteiger charge is 2.30. The molecule has 1 amide bonds. The molecule has 41 heavy (non-hydrogen) atoms. The fourth-order valence-corrected chi connectivity index (χ4v) is 7.08. The van der Waals surface area contributed by atoms with Crippen molar-refractivity contribution in [2.45, 2.75) is 11.4 Å². The van der Waals surface area contributed by atoms with Crippen LogP contribution in [0.15, 0.2) is 108 Å². The van der Waals surface area contributed by atoms with Crippen LogP contribution in [0.3, 0.4) is 0 Å². The van der Waals surface area contributed by atoms with Crippen molar-refractivity contribution in [2.75, 3.05) is 40.0 Å². The summed E-state index contributed by atoms with van der Waals surface area (Å²) >= 11 is 2.00. The zero-order valence-electron chi connectivity index (χ0n) is 22.3. The monoisotopic (exact) mass is 582 g/mol. The van der Waals surface area contributed by atoms with E-state index < -0.39 is 10.0 Å². The van der Waals surface area contributed by atoms with E-state index in [2.05, 4.69) is 32.4 Å². The lowest BCUT2D eigenvalue weighted by atomic mass is 10.00. The minimum absolute atomic E-state index is 0.0713. The van der Waals surface area contributed by atoms with Crippen LogP contribution < -0.4 is 15.4 Å². The van der Waals surface area contributed by atoms with Gasteiger partial charge in [-0.1, -0.05) is 60.7 Å². The summed E-state index contributed by atoms with van der Waals surface area (Å²) in [5.41, 5.74) is 5.44. The molecular weight excluding hydrogens is 553 g/mol. The van der Waals surface area contributed by atoms with E-state index in [1.54, 1.807) is 36.4 Å². The van der Waals surface area contributed by atoms with Crippen LogP contribution in [0.25, 0.3) is 11.3 Å². The molecule has 0 aliphatic carbocycles. The molecule has 0 unspecified atom stereocenters. The largest absolute Gasteiger partial charge is 0.354 e. The number of para-hydroxylation sites is 1. The number of anilines is 3. The Morgan fingerprint density at radius 3 is 2.22 bits per heavy atom. The molecule has 4 aromatic rings. The van der Waals surface area contributed by atoms with Gasteiger partial charge in [0.2, 0.25) is 0 Å². The Kier molecular flexibility index (Phi) is 7.82. The summed E-state index contributed by atoms with van der Waals surface area (Å²) in [4.78, 5) is 15.9. The Labute approximate surface area is 244 Å². The third-order valence-corrected chi connectivity index (χ3v) is 9.44. The zero-order chi connectivity index (χ0) is 28.2. The topological polar surface area (TPSA) is 90.5 Å². The molecule has 4 aromatic carbocycles. The average Bonchev–Trinajstić information content (AvgIpc) is 3.33. The summed E-state index contributed by atoms with van der Waals surface area (Å²) in [6.45, 7) is 3.11. The van der Waals surface area contributed by atoms with Gasteiger partial charge >= 0.3 is 0 Å². The van der Waals surface area contributed by atoms with Gasteiger partial charge in [0.1, 0.15) is 0 Å². The molecule has 6 rings (SSSR count). The first kappa shape index (κ1) is 27.1. The van der Waals surface area contributed by atoms with Crippen LogP contribution in [-0.2, 0) is 21.4 Å². The van der Waals surface area contributed by atoms with Gasteiger partial charge in [0, 0.05) is 53.8 Å². The Hall–Kier alpha value is -4.05. The minimum Gasteiger partial charge on any atom is -0.354 e. The number of amides is 1. The standard InChI is InChI=1S/C32H30N4O3S2/c37-32-30(28-21-27(15-16-29(28)34-32)41(38,39)35-26-9-5-2-6-10-26)31(24-7-3-1-4-8-24)33-25-13-11-23(12-14-25)22-36-17-19-40-20-18-36/h1-16,21,33,35H,17-20,22H2,(H,34,37). The van der Waals surface area contributed by atoms with Crippen molar-refractivity contribution >= 4 is 56.0 Å². The Bertz CT molecular complexity index is 1680. The second-order valence-electron chi connectivity index (χ2n) is 9.96. The highest BCUT2D eigenvalue weighted by atomic mass is 32.2. The van der Waals surface area contributed by atoms with Crippen molar-refractivity contribution in [1.29, 1.82) is 0 Å². The second-order valence-corrected chi connectivity index (χ2v) is 12.9. The maximum absolute atomic E-state index is 13.4. The minimum atomic E-state index is -3.88. The van der Waals surface area contributed by atoms with Crippen LogP contribution in [-0.4, -0.2) is 43.8 Å². The van der Waals surface area contributed by atoms with Gasteiger partial charge in [0.05, 0.1) is 16.2 Å². The summed E-state index contributed by atoms with van der Waals surface area (Å²) < 4.78 is 29.1. The van der Waals surface area contributed by atoms with Crippen molar-refractivity contribution < 1.29 is 13.2 Å². The molecule has 7 nitrogen and oxygen atoms in total. The van der Waals surface area contributed by atoms with Crippen molar-refractivity contribution in [2.24, 2.45) is 0 Å². The third kappa shape index (κ3) is 6.17. The zero-order valence-corrected chi connectivity index (χ0v) is 24.0. The average molecular weight is 583 g/mol. The molecule has 1 fully saturated rings. The number of carbonyl (C=O) groups is 1. The van der Waals surface area contributed by atoms with E-state index >= 15 is 0 Å². The molecule has 0 radical (unpaired) electrons. The first-order valence-electron chi connectivity index (χ1n) is 13.5. The van der Waals surface area contributed by atoms with Crippen molar-refractivity contribution in [3.05, 3.63) is 120 Å². The molecule has 0 atom stereocenters. The van der Waals surface area contributed by atoms with E-state index in [1.165, 1.54) is 23.1 Å². The lowest BCUT2D eigenvalue weighted by molar-refractivity contribution is -0.110. The lowest BCUT2D eigenvalue weighted by Gasteiger charge is -2.26. The molecular formula is C32H30N4O3S2. The van der Waals surface area contributed by atoms with E-state index in [0.29, 0.717) is 28.2 Å². The van der Waals surface area contributed by atoms with Gasteiger partial charge in [0.25, 0.3) is 15.9 Å². The number of nitrogens with one attached hydrogen (secondary N) is 3. The van der Waals surface area contributed by atoms with E-state index in [9.17, 15) is 13.2 Å². The fourth-order valence-electron chi connectivity index (χ4n) is 5.02. The number of carbonyl (C=O) groups excluding carboxylic acids is 1. The number of benzene rings is 4. The normalized spacial score (nSPS) is 16.5. The van der Waals surface area contributed by atoms with E-state index in [0.717, 1.165) is 30.9 Å². The third-order valence-electron chi connectivity index (χ3n) is 7.12. The predicted octanol–water partition coefficient (Wildman–Crippen LogP) is 5.97. The first-order chi connectivity index (χ1) is 20.0. The fraction of sp³-hybridized carbons (Fsp3) is 0.156. The molecule has 0 saturated carbocycles. The van der Waals surface area contributed by atoms with Gasteiger partial charge in [-0.15, -0.1) is 0 Å². The number of hydrogen-bond donors (Lipinski definition) is 3. The van der Waals surface area contributed by atoms with Crippen LogP contribution >= 0.6 is 11.8 Å². The summed E-state index contributed by atoms with van der Waals surface area (Å²) in [6, 6.07) is 31.3. The molecule has 2 aliphatic rings. The Balaban J connectivity index is 1.35. The van der Waals surface area contributed by atoms with Crippen LogP contribution in [0.4, 0.5) is 17.1 Å². The summed E-state index contributed by atoms with van der Waals surface area (Å²) in [5.74, 6) is 2.04. The Morgan fingerprint density at radius 2 is 1.51 bits per heavy atom. The number of thioether (sulfide) groups is 1. The quantitative estimate of drug-likeness (QED) is 0.222. The molecule has 2 heterocycles. The maximum Gasteiger partial charge on any atom is 0.261 e. The summed E-state index contributed by atoms with van der Waals surface area (Å²) in [6.07, 6.45) is 0. The Morgan fingerprint density at radius 1 is 0.829 bits per heavy atom. The molecule has 2 aliphatic heterocycles. The van der Waals surface area contributed by atoms with Crippen LogP contribution in [0.5, 0.6) is 0 Å². The molecule has 0 bridgehead atoms. The molecule has 0 spiro atoms. The molecule has 208 valence electrons. The van der Waals surface area contributed by atoms with E-state index in [-0.39, 0.29) is 10.8 Å². The van der Waals surface area contributed by atoms with Gasteiger partial charge in [-0.25, -0.2) is 8.42 Å². The molecule has 1 saturated heterocycles. The molecule has 0 aromatic heterocycles. The smallest absolute Gasteiger partial charge is 0.261 e. The second kappa shape index (κ2) is 11.8. The van der Waals surface area contributed by atoms with Crippen LogP contribution in [0, 0.1) is 0 Å². The van der Waals surface area contributed by atoms with Crippen molar-refractivity contribution in [3.63, 3.8) is 0 Å². The van der Waals surface area contributed by atoms with Gasteiger partial charge in [-0.2, -0.15) is 11.8 Å². The lowest BCUT2D eigenvalue weighted by Crippen LogP contribution is -2.31. The van der Waals surface area contributed by atoms with E-state index in [1.807, 2.05) is 60.3 Å². The van der Waals surface area contributed by atoms with Gasteiger partial charge in [0.15, 0.2) is 0 Å². The highest BCUT2D eigenvalue weighted by molar-refractivity contribution is 7.99. The van der Waals surface area contributed by atoms with Crippen LogP contribution in [0.1, 0.15) is 16.7 Å². The SMILES string of the molecule is O=C1Nc2ccc(S(=O)(=O)Nc3ccccc3)cc2C1=C(Nc1ccc(CN2CCSCC2)cc1)c1ccccc1. The molecule has 9 heteroatoms. The number of fused-ring (bicyclic) bond motifs is 1. The predicted molar refractivity (Wildman–Crippen MR) is 168 cm³/mol. The number of hydrogen-bond acceptors (Lipinski definition) is 6. The summed E-state index contributed by atoms with van der Waals surface area (Å²) in [5, 5.41) is 6.38. The maximum atomic E-state index is 13.4. The number of sulfonamides is 1. The van der Waals surface area contributed by atoms with Gasteiger partial charge < -0.3 is 10.6 Å². The van der Waals surface area contributed by atoms with Gasteiger partial charge in [-0.3, -0.25) is 14.4 Å². The molecule has 3 N–H and O–H groups in total. The first-order valence-corrected chi connectivity index (χ1v) is 16.1. The number of rotatable bonds is 8. The number of nitrogens with zero attached hydrogens (tertiary/aromatic N) is 1. The van der Waals surface area contributed by atoms with Crippen LogP contribution in [0.2, 0.25) is 0 Å². The summed E-state index contributed by atoms with van der Waals surface area (Å²) in [7, 11) is -3.88. The van der Waals surface area contributed by atoms with Gasteiger partial charge in [-0.05, 0) is 53.6 Å².